The molecular formula is C11H18N4O3. The third kappa shape index (κ3) is 4.08. The molecule has 1 unspecified atom stereocenters. The van der Waals surface area contributed by atoms with Crippen LogP contribution in [0.25, 0.3) is 0 Å². The summed E-state index contributed by atoms with van der Waals surface area (Å²) in [5, 5.41) is 9.69. The van der Waals surface area contributed by atoms with Crippen molar-refractivity contribution in [1.29, 1.82) is 0 Å². The fourth-order valence-electron chi connectivity index (χ4n) is 1.42. The summed E-state index contributed by atoms with van der Waals surface area (Å²) in [4.78, 5) is 22.4. The fourth-order valence-corrected chi connectivity index (χ4v) is 1.42. The number of carbonyl (C=O) groups is 2. The van der Waals surface area contributed by atoms with Gasteiger partial charge in [-0.1, -0.05) is 0 Å². The van der Waals surface area contributed by atoms with Crippen LogP contribution in [-0.4, -0.2) is 41.4 Å². The Morgan fingerprint density at radius 1 is 1.56 bits per heavy atom. The van der Waals surface area contributed by atoms with E-state index in [1.807, 2.05) is 13.1 Å². The lowest BCUT2D eigenvalue weighted by Gasteiger charge is -2.15. The van der Waals surface area contributed by atoms with E-state index in [2.05, 4.69) is 20.5 Å². The third-order valence-corrected chi connectivity index (χ3v) is 2.32. The number of ether oxygens (including phenoxy) is 1. The molecule has 0 aliphatic carbocycles. The fraction of sp³-hybridized carbons (Fsp3) is 0.545. The maximum Gasteiger partial charge on any atom is 0.330 e. The molecular weight excluding hydrogens is 236 g/mol. The number of amides is 1. The van der Waals surface area contributed by atoms with E-state index < -0.39 is 12.0 Å². The number of esters is 1. The summed E-state index contributed by atoms with van der Waals surface area (Å²) < 4.78 is 6.37. The van der Waals surface area contributed by atoms with Crippen molar-refractivity contribution in [3.8, 4) is 0 Å². The predicted octanol–water partition coefficient (Wildman–Crippen LogP) is -0.00740. The molecule has 0 aliphatic rings. The van der Waals surface area contributed by atoms with Crippen molar-refractivity contribution in [2.45, 2.75) is 26.4 Å². The standard InChI is InChI=1S/C11H18N4O3/c1-4-15-6-5-10(14-15)12-7-9(11(17)18-3)13-8(2)16/h5-6,9H,4,7H2,1-3H3,(H,12,14)(H,13,16). The number of nitrogens with zero attached hydrogens (tertiary/aromatic N) is 2. The summed E-state index contributed by atoms with van der Waals surface area (Å²) in [5.74, 6) is -0.130. The lowest BCUT2D eigenvalue weighted by Crippen LogP contribution is -2.45. The van der Waals surface area contributed by atoms with Crippen LogP contribution < -0.4 is 10.6 Å². The van der Waals surface area contributed by atoms with Gasteiger partial charge in [-0.3, -0.25) is 9.48 Å². The Labute approximate surface area is 105 Å². The number of rotatable bonds is 6. The molecule has 1 atom stereocenters. The number of carbonyl (C=O) groups excluding carboxylic acids is 2. The van der Waals surface area contributed by atoms with Crippen LogP contribution in [0.15, 0.2) is 12.3 Å². The van der Waals surface area contributed by atoms with Crippen LogP contribution in [0.4, 0.5) is 5.82 Å². The summed E-state index contributed by atoms with van der Waals surface area (Å²) in [6, 6.07) is 1.07. The zero-order valence-electron chi connectivity index (χ0n) is 10.8. The highest BCUT2D eigenvalue weighted by molar-refractivity contribution is 5.83. The normalized spacial score (nSPS) is 11.7. The van der Waals surface area contributed by atoms with Crippen molar-refractivity contribution in [2.75, 3.05) is 19.0 Å². The van der Waals surface area contributed by atoms with E-state index in [0.29, 0.717) is 5.82 Å². The zero-order chi connectivity index (χ0) is 13.5. The maximum absolute atomic E-state index is 11.4. The van der Waals surface area contributed by atoms with Gasteiger partial charge in [-0.05, 0) is 6.92 Å². The Kier molecular flexibility index (Phi) is 5.16. The smallest absolute Gasteiger partial charge is 0.330 e. The molecule has 0 fully saturated rings. The highest BCUT2D eigenvalue weighted by Crippen LogP contribution is 2.02. The van der Waals surface area contributed by atoms with Crippen LogP contribution >= 0.6 is 0 Å². The highest BCUT2D eigenvalue weighted by Gasteiger charge is 2.19. The van der Waals surface area contributed by atoms with Gasteiger partial charge in [-0.2, -0.15) is 5.10 Å². The molecule has 0 radical (unpaired) electrons. The topological polar surface area (TPSA) is 85.2 Å². The van der Waals surface area contributed by atoms with Gasteiger partial charge in [0, 0.05) is 32.3 Å². The summed E-state index contributed by atoms with van der Waals surface area (Å²) >= 11 is 0. The summed E-state index contributed by atoms with van der Waals surface area (Å²) in [6.07, 6.45) is 1.83. The van der Waals surface area contributed by atoms with Gasteiger partial charge in [0.05, 0.1) is 7.11 Å². The molecule has 1 heterocycles. The lowest BCUT2D eigenvalue weighted by molar-refractivity contribution is -0.144. The molecule has 1 amide bonds. The van der Waals surface area contributed by atoms with Crippen molar-refractivity contribution >= 4 is 17.7 Å². The molecule has 2 N–H and O–H groups in total. The summed E-state index contributed by atoms with van der Waals surface area (Å²) in [5.41, 5.74) is 0. The van der Waals surface area contributed by atoms with Crippen LogP contribution in [-0.2, 0) is 20.9 Å². The van der Waals surface area contributed by atoms with E-state index in [1.54, 1.807) is 10.7 Å². The first kappa shape index (κ1) is 14.0. The van der Waals surface area contributed by atoms with Gasteiger partial charge in [0.2, 0.25) is 5.91 Å². The monoisotopic (exact) mass is 254 g/mol. The first-order valence-electron chi connectivity index (χ1n) is 5.69. The van der Waals surface area contributed by atoms with Crippen molar-refractivity contribution < 1.29 is 14.3 Å². The molecule has 18 heavy (non-hydrogen) atoms. The quantitative estimate of drug-likeness (QED) is 0.698. The van der Waals surface area contributed by atoms with E-state index >= 15 is 0 Å². The van der Waals surface area contributed by atoms with E-state index in [0.717, 1.165) is 6.54 Å². The largest absolute Gasteiger partial charge is 0.467 e. The first-order chi connectivity index (χ1) is 8.56. The van der Waals surface area contributed by atoms with Crippen molar-refractivity contribution in [1.82, 2.24) is 15.1 Å². The number of aromatic nitrogens is 2. The Hall–Kier alpha value is -2.05. The molecule has 1 rings (SSSR count). The molecule has 0 aromatic carbocycles. The second kappa shape index (κ2) is 6.63. The number of aryl methyl sites for hydroxylation is 1. The van der Waals surface area contributed by atoms with E-state index in [1.165, 1.54) is 14.0 Å². The van der Waals surface area contributed by atoms with Gasteiger partial charge in [-0.15, -0.1) is 0 Å². The minimum Gasteiger partial charge on any atom is -0.467 e. The maximum atomic E-state index is 11.4. The SMILES string of the molecule is CCn1ccc(NCC(NC(C)=O)C(=O)OC)n1. The van der Waals surface area contributed by atoms with Crippen LogP contribution in [0.5, 0.6) is 0 Å². The van der Waals surface area contributed by atoms with Crippen LogP contribution in [0.1, 0.15) is 13.8 Å². The Bertz CT molecular complexity index is 416. The van der Waals surface area contributed by atoms with E-state index in [9.17, 15) is 9.59 Å². The van der Waals surface area contributed by atoms with Crippen LogP contribution in [0.2, 0.25) is 0 Å². The van der Waals surface area contributed by atoms with Crippen molar-refractivity contribution in [3.63, 3.8) is 0 Å². The Morgan fingerprint density at radius 3 is 2.78 bits per heavy atom. The van der Waals surface area contributed by atoms with Crippen molar-refractivity contribution in [3.05, 3.63) is 12.3 Å². The second-order valence-corrected chi connectivity index (χ2v) is 3.71. The average Bonchev–Trinajstić information content (AvgIpc) is 2.81. The minimum atomic E-state index is -0.723. The Balaban J connectivity index is 2.55. The molecule has 1 aromatic rings. The van der Waals surface area contributed by atoms with Gasteiger partial charge in [0.25, 0.3) is 0 Å². The van der Waals surface area contributed by atoms with Gasteiger partial charge in [0.1, 0.15) is 11.9 Å². The zero-order valence-corrected chi connectivity index (χ0v) is 10.8. The van der Waals surface area contributed by atoms with Gasteiger partial charge in [-0.25, -0.2) is 4.79 Å². The minimum absolute atomic E-state index is 0.229. The predicted molar refractivity (Wildman–Crippen MR) is 66.0 cm³/mol. The average molecular weight is 254 g/mol. The highest BCUT2D eigenvalue weighted by atomic mass is 16.5. The number of hydrogen-bond acceptors (Lipinski definition) is 5. The number of methoxy groups -OCH3 is 1. The number of hydrogen-bond donors (Lipinski definition) is 2. The molecule has 7 heteroatoms. The molecule has 0 saturated carbocycles. The van der Waals surface area contributed by atoms with Crippen LogP contribution in [0.3, 0.4) is 0 Å². The molecule has 0 saturated heterocycles. The molecule has 0 spiro atoms. The first-order valence-corrected chi connectivity index (χ1v) is 5.69. The van der Waals surface area contributed by atoms with Crippen LogP contribution in [0, 0.1) is 0 Å². The van der Waals surface area contributed by atoms with Gasteiger partial charge >= 0.3 is 5.97 Å². The molecule has 1 aromatic heterocycles. The van der Waals surface area contributed by atoms with E-state index in [4.69, 9.17) is 0 Å². The Morgan fingerprint density at radius 2 is 2.28 bits per heavy atom. The molecule has 0 bridgehead atoms. The summed E-state index contributed by atoms with van der Waals surface area (Å²) in [6.45, 7) is 4.33. The molecule has 0 aliphatic heterocycles. The second-order valence-electron chi connectivity index (χ2n) is 3.71. The number of anilines is 1. The van der Waals surface area contributed by atoms with Gasteiger partial charge in [0.15, 0.2) is 0 Å². The van der Waals surface area contributed by atoms with Gasteiger partial charge < -0.3 is 15.4 Å². The lowest BCUT2D eigenvalue weighted by atomic mass is 10.3. The summed E-state index contributed by atoms with van der Waals surface area (Å²) in [7, 11) is 1.28. The van der Waals surface area contributed by atoms with E-state index in [-0.39, 0.29) is 12.5 Å². The third-order valence-electron chi connectivity index (χ3n) is 2.32. The van der Waals surface area contributed by atoms with Crippen molar-refractivity contribution in [2.24, 2.45) is 0 Å². The molecule has 7 nitrogen and oxygen atoms in total. The molecule has 100 valence electrons. The number of nitrogens with one attached hydrogen (secondary N) is 2.